The average Bonchev–Trinajstić information content (AvgIpc) is 2.53. The van der Waals surface area contributed by atoms with Crippen LogP contribution in [0.4, 0.5) is 0 Å². The van der Waals surface area contributed by atoms with Crippen LogP contribution < -0.4 is 0 Å². The molecule has 0 bridgehead atoms. The van der Waals surface area contributed by atoms with Crippen LogP contribution in [0.2, 0.25) is 0 Å². The average molecular weight is 184 g/mol. The van der Waals surface area contributed by atoms with Crippen LogP contribution in [0, 0.1) is 0 Å². The van der Waals surface area contributed by atoms with Gasteiger partial charge in [0.25, 0.3) is 0 Å². The van der Waals surface area contributed by atoms with Crippen molar-refractivity contribution in [2.45, 2.75) is 32.5 Å². The highest BCUT2D eigenvalue weighted by molar-refractivity contribution is 4.99. The lowest BCUT2D eigenvalue weighted by Gasteiger charge is -2.11. The summed E-state index contributed by atoms with van der Waals surface area (Å²) in [4.78, 5) is 0. The van der Waals surface area contributed by atoms with Gasteiger partial charge in [0.1, 0.15) is 5.76 Å². The van der Waals surface area contributed by atoms with E-state index in [1.54, 1.807) is 6.26 Å². The van der Waals surface area contributed by atoms with Gasteiger partial charge in [0.2, 0.25) is 0 Å². The topological polar surface area (TPSA) is 42.6 Å². The van der Waals surface area contributed by atoms with Gasteiger partial charge in [0, 0.05) is 6.42 Å². The first-order chi connectivity index (χ1) is 6.18. The van der Waals surface area contributed by atoms with Gasteiger partial charge in [-0.15, -0.1) is 0 Å². The first-order valence-electron chi connectivity index (χ1n) is 4.50. The molecule has 1 unspecified atom stereocenters. The Morgan fingerprint density at radius 1 is 1.54 bits per heavy atom. The summed E-state index contributed by atoms with van der Waals surface area (Å²) >= 11 is 0. The lowest BCUT2D eigenvalue weighted by atomic mass is 10.2. The second kappa shape index (κ2) is 5.04. The first-order valence-corrected chi connectivity index (χ1v) is 4.50. The zero-order valence-corrected chi connectivity index (χ0v) is 8.06. The van der Waals surface area contributed by atoms with E-state index in [-0.39, 0.29) is 6.10 Å². The van der Waals surface area contributed by atoms with Gasteiger partial charge in [0.05, 0.1) is 25.1 Å². The molecular formula is C10H16O3. The number of ether oxygens (including phenoxy) is 1. The third kappa shape index (κ3) is 4.10. The van der Waals surface area contributed by atoms with E-state index in [1.165, 1.54) is 0 Å². The Labute approximate surface area is 78.3 Å². The Kier molecular flexibility index (Phi) is 3.99. The largest absolute Gasteiger partial charge is 0.469 e. The molecule has 0 aliphatic rings. The Hall–Kier alpha value is -0.800. The Balaban J connectivity index is 2.22. The Morgan fingerprint density at radius 2 is 2.31 bits per heavy atom. The van der Waals surface area contributed by atoms with Gasteiger partial charge in [-0.1, -0.05) is 0 Å². The molecule has 74 valence electrons. The highest BCUT2D eigenvalue weighted by atomic mass is 16.5. The standard InChI is InChI=1S/C10H16O3/c1-8(2)13-7-9(11)6-10-4-3-5-12-10/h3-5,8-9,11H,6-7H2,1-2H3. The number of furan rings is 1. The molecule has 0 amide bonds. The second-order valence-electron chi connectivity index (χ2n) is 3.32. The smallest absolute Gasteiger partial charge is 0.106 e. The van der Waals surface area contributed by atoms with Gasteiger partial charge in [-0.2, -0.15) is 0 Å². The van der Waals surface area contributed by atoms with Gasteiger partial charge in [-0.05, 0) is 26.0 Å². The van der Waals surface area contributed by atoms with Crippen molar-refractivity contribution in [2.75, 3.05) is 6.61 Å². The minimum atomic E-state index is -0.478. The first kappa shape index (κ1) is 10.3. The lowest BCUT2D eigenvalue weighted by molar-refractivity contribution is 0.00443. The highest BCUT2D eigenvalue weighted by Crippen LogP contribution is 2.04. The van der Waals surface area contributed by atoms with Crippen LogP contribution in [0.1, 0.15) is 19.6 Å². The zero-order chi connectivity index (χ0) is 9.68. The number of rotatable bonds is 5. The summed E-state index contributed by atoms with van der Waals surface area (Å²) in [5.41, 5.74) is 0. The Morgan fingerprint density at radius 3 is 2.85 bits per heavy atom. The van der Waals surface area contributed by atoms with Gasteiger partial charge < -0.3 is 14.3 Å². The van der Waals surface area contributed by atoms with Crippen LogP contribution in [0.5, 0.6) is 0 Å². The van der Waals surface area contributed by atoms with Crippen molar-refractivity contribution in [2.24, 2.45) is 0 Å². The minimum Gasteiger partial charge on any atom is -0.469 e. The fourth-order valence-corrected chi connectivity index (χ4v) is 1.02. The van der Waals surface area contributed by atoms with Crippen molar-refractivity contribution in [1.29, 1.82) is 0 Å². The molecule has 1 N–H and O–H groups in total. The lowest BCUT2D eigenvalue weighted by Crippen LogP contribution is -2.20. The predicted octanol–water partition coefficient (Wildman–Crippen LogP) is 1.61. The highest BCUT2D eigenvalue weighted by Gasteiger charge is 2.08. The summed E-state index contributed by atoms with van der Waals surface area (Å²) in [6, 6.07) is 3.66. The van der Waals surface area contributed by atoms with Crippen LogP contribution in [0.3, 0.4) is 0 Å². The van der Waals surface area contributed by atoms with Crippen LogP contribution in [-0.4, -0.2) is 23.9 Å². The molecule has 0 radical (unpaired) electrons. The third-order valence-corrected chi connectivity index (χ3v) is 1.64. The van der Waals surface area contributed by atoms with Crippen LogP contribution in [-0.2, 0) is 11.2 Å². The number of aliphatic hydroxyl groups is 1. The van der Waals surface area contributed by atoms with E-state index in [1.807, 2.05) is 26.0 Å². The van der Waals surface area contributed by atoms with Crippen molar-refractivity contribution in [3.63, 3.8) is 0 Å². The molecule has 1 aromatic heterocycles. The molecule has 0 aliphatic carbocycles. The Bertz CT molecular complexity index is 216. The van der Waals surface area contributed by atoms with Crippen molar-refractivity contribution >= 4 is 0 Å². The summed E-state index contributed by atoms with van der Waals surface area (Å²) in [5, 5.41) is 9.48. The van der Waals surface area contributed by atoms with E-state index >= 15 is 0 Å². The van der Waals surface area contributed by atoms with E-state index in [2.05, 4.69) is 0 Å². The molecule has 1 heterocycles. The molecule has 0 aliphatic heterocycles. The molecule has 0 saturated heterocycles. The van der Waals surface area contributed by atoms with E-state index in [0.29, 0.717) is 13.0 Å². The maximum atomic E-state index is 9.48. The summed E-state index contributed by atoms with van der Waals surface area (Å²) in [6.45, 7) is 4.25. The molecule has 3 nitrogen and oxygen atoms in total. The van der Waals surface area contributed by atoms with E-state index < -0.39 is 6.10 Å². The van der Waals surface area contributed by atoms with Gasteiger partial charge in [-0.25, -0.2) is 0 Å². The fraction of sp³-hybridized carbons (Fsp3) is 0.600. The fourth-order valence-electron chi connectivity index (χ4n) is 1.02. The minimum absolute atomic E-state index is 0.159. The monoisotopic (exact) mass is 184 g/mol. The molecule has 1 rings (SSSR count). The van der Waals surface area contributed by atoms with E-state index in [0.717, 1.165) is 5.76 Å². The maximum Gasteiger partial charge on any atom is 0.106 e. The summed E-state index contributed by atoms with van der Waals surface area (Å²) < 4.78 is 10.4. The van der Waals surface area contributed by atoms with Gasteiger partial charge in [0.15, 0.2) is 0 Å². The van der Waals surface area contributed by atoms with Crippen LogP contribution >= 0.6 is 0 Å². The van der Waals surface area contributed by atoms with Gasteiger partial charge >= 0.3 is 0 Å². The van der Waals surface area contributed by atoms with Crippen molar-refractivity contribution < 1.29 is 14.3 Å². The second-order valence-corrected chi connectivity index (χ2v) is 3.32. The number of aliphatic hydroxyl groups excluding tert-OH is 1. The molecule has 1 aromatic rings. The maximum absolute atomic E-state index is 9.48. The predicted molar refractivity (Wildman–Crippen MR) is 49.5 cm³/mol. The normalized spacial score (nSPS) is 13.5. The molecule has 0 spiro atoms. The van der Waals surface area contributed by atoms with Crippen LogP contribution in [0.25, 0.3) is 0 Å². The van der Waals surface area contributed by atoms with Crippen molar-refractivity contribution in [3.05, 3.63) is 24.2 Å². The molecule has 0 saturated carbocycles. The quantitative estimate of drug-likeness (QED) is 0.756. The van der Waals surface area contributed by atoms with Crippen LogP contribution in [0.15, 0.2) is 22.8 Å². The molecule has 0 fully saturated rings. The third-order valence-electron chi connectivity index (χ3n) is 1.64. The summed E-state index contributed by atoms with van der Waals surface area (Å²) in [6.07, 6.45) is 1.80. The molecule has 0 aromatic carbocycles. The van der Waals surface area contributed by atoms with Gasteiger partial charge in [-0.3, -0.25) is 0 Å². The van der Waals surface area contributed by atoms with E-state index in [4.69, 9.17) is 9.15 Å². The SMILES string of the molecule is CC(C)OCC(O)Cc1ccco1. The summed E-state index contributed by atoms with van der Waals surface area (Å²) in [7, 11) is 0. The zero-order valence-electron chi connectivity index (χ0n) is 8.06. The number of hydrogen-bond donors (Lipinski definition) is 1. The molecule has 1 atom stereocenters. The molecular weight excluding hydrogens is 168 g/mol. The molecule has 13 heavy (non-hydrogen) atoms. The van der Waals surface area contributed by atoms with E-state index in [9.17, 15) is 5.11 Å². The van der Waals surface area contributed by atoms with Crippen molar-refractivity contribution in [1.82, 2.24) is 0 Å². The number of hydrogen-bond acceptors (Lipinski definition) is 3. The summed E-state index contributed by atoms with van der Waals surface area (Å²) in [5.74, 6) is 0.792. The molecule has 3 heteroatoms. The van der Waals surface area contributed by atoms with Crippen molar-refractivity contribution in [3.8, 4) is 0 Å².